The van der Waals surface area contributed by atoms with E-state index in [1.54, 1.807) is 0 Å². The lowest BCUT2D eigenvalue weighted by Gasteiger charge is -2.13. The molecule has 0 spiro atoms. The number of benzene rings is 2. The van der Waals surface area contributed by atoms with Crippen LogP contribution in [0.3, 0.4) is 0 Å². The summed E-state index contributed by atoms with van der Waals surface area (Å²) in [5.41, 5.74) is 5.84. The first-order chi connectivity index (χ1) is 15.2. The average Bonchev–Trinajstić information content (AvgIpc) is 2.75. The van der Waals surface area contributed by atoms with Crippen molar-refractivity contribution in [1.82, 2.24) is 5.32 Å². The number of ether oxygens (including phenoxy) is 2. The summed E-state index contributed by atoms with van der Waals surface area (Å²) in [6, 6.07) is 11.0. The molecular formula is C19H19N5O7S. The summed E-state index contributed by atoms with van der Waals surface area (Å²) in [6.45, 7) is -0.314. The number of alkyl carbamates (subject to hydrolysis) is 1. The predicted molar refractivity (Wildman–Crippen MR) is 113 cm³/mol. The Morgan fingerprint density at radius 2 is 1.84 bits per heavy atom. The van der Waals surface area contributed by atoms with Crippen molar-refractivity contribution in [2.75, 3.05) is 26.1 Å². The van der Waals surface area contributed by atoms with Crippen molar-refractivity contribution in [3.63, 3.8) is 0 Å². The molecule has 32 heavy (non-hydrogen) atoms. The van der Waals surface area contributed by atoms with E-state index in [0.717, 1.165) is 13.2 Å². The van der Waals surface area contributed by atoms with Gasteiger partial charge in [0.2, 0.25) is 11.9 Å². The number of anilines is 1. The average molecular weight is 461 g/mol. The van der Waals surface area contributed by atoms with Crippen molar-refractivity contribution in [2.45, 2.75) is 4.90 Å². The Kier molecular flexibility index (Phi) is 8.11. The number of hydrogen-bond acceptors (Lipinski definition) is 9. The summed E-state index contributed by atoms with van der Waals surface area (Å²) >= 11 is 0. The highest BCUT2D eigenvalue weighted by Crippen LogP contribution is 2.29. The number of guanidine groups is 1. The molecule has 0 aliphatic carbocycles. The van der Waals surface area contributed by atoms with Gasteiger partial charge >= 0.3 is 16.2 Å². The normalized spacial score (nSPS) is 11.2. The molecule has 0 radical (unpaired) electrons. The van der Waals surface area contributed by atoms with Crippen molar-refractivity contribution in [2.24, 2.45) is 10.7 Å². The Morgan fingerprint density at radius 3 is 2.44 bits per heavy atom. The number of carbonyl (C=O) groups excluding carboxylic acids is 2. The maximum atomic E-state index is 12.9. The van der Waals surface area contributed by atoms with Crippen LogP contribution in [-0.4, -0.2) is 47.2 Å². The molecule has 2 aromatic carbocycles. The van der Waals surface area contributed by atoms with Gasteiger partial charge in [-0.3, -0.25) is 10.1 Å². The molecule has 0 saturated heterocycles. The number of methoxy groups -OCH3 is 2. The fourth-order valence-corrected chi connectivity index (χ4v) is 3.40. The van der Waals surface area contributed by atoms with E-state index in [1.807, 2.05) is 6.07 Å². The van der Waals surface area contributed by atoms with E-state index < -0.39 is 27.0 Å². The Hall–Kier alpha value is -4.15. The van der Waals surface area contributed by atoms with Gasteiger partial charge in [-0.15, -0.1) is 0 Å². The Labute approximate surface area is 183 Å². The van der Waals surface area contributed by atoms with Gasteiger partial charge in [-0.05, 0) is 42.5 Å². The molecule has 0 atom stereocenters. The van der Waals surface area contributed by atoms with E-state index in [9.17, 15) is 18.0 Å². The van der Waals surface area contributed by atoms with Gasteiger partial charge in [0.1, 0.15) is 17.3 Å². The number of amides is 2. The van der Waals surface area contributed by atoms with Gasteiger partial charge in [0.25, 0.3) is 0 Å². The third-order valence-corrected chi connectivity index (χ3v) is 4.93. The molecule has 0 bridgehead atoms. The largest absolute Gasteiger partial charge is 0.453 e. The topological polar surface area (TPSA) is 182 Å². The van der Waals surface area contributed by atoms with Crippen LogP contribution in [0.4, 0.5) is 16.2 Å². The lowest BCUT2D eigenvalue weighted by molar-refractivity contribution is -0.119. The molecule has 2 aromatic rings. The van der Waals surface area contributed by atoms with Crippen LogP contribution in [0.1, 0.15) is 5.56 Å². The van der Waals surface area contributed by atoms with Crippen LogP contribution in [0.2, 0.25) is 0 Å². The molecule has 0 aliphatic heterocycles. The first-order valence-electron chi connectivity index (χ1n) is 8.75. The van der Waals surface area contributed by atoms with E-state index in [4.69, 9.17) is 19.9 Å². The van der Waals surface area contributed by atoms with Crippen LogP contribution in [0.15, 0.2) is 52.4 Å². The van der Waals surface area contributed by atoms with Crippen molar-refractivity contribution >= 4 is 39.5 Å². The van der Waals surface area contributed by atoms with E-state index in [1.165, 1.54) is 43.5 Å². The SMILES string of the molecule is COCC(=O)Nc1ccc(N=C(N)NC(=O)OC)cc1S(=O)(=O)Oc1ccc(C#N)cc1. The van der Waals surface area contributed by atoms with Gasteiger partial charge in [0.05, 0.1) is 30.1 Å². The van der Waals surface area contributed by atoms with Gasteiger partial charge in [-0.2, -0.15) is 13.7 Å². The molecule has 0 aliphatic rings. The highest BCUT2D eigenvalue weighted by Gasteiger charge is 2.23. The lowest BCUT2D eigenvalue weighted by Crippen LogP contribution is -2.36. The van der Waals surface area contributed by atoms with Crippen LogP contribution in [0.5, 0.6) is 5.75 Å². The monoisotopic (exact) mass is 461 g/mol. The number of aliphatic imine (C=N–C) groups is 1. The minimum atomic E-state index is -4.47. The maximum absolute atomic E-state index is 12.9. The predicted octanol–water partition coefficient (Wildman–Crippen LogP) is 1.21. The summed E-state index contributed by atoms with van der Waals surface area (Å²) in [4.78, 5) is 26.6. The molecule has 0 fully saturated rings. The second-order valence-corrected chi connectivity index (χ2v) is 7.46. The van der Waals surface area contributed by atoms with Gasteiger partial charge in [0, 0.05) is 7.11 Å². The Morgan fingerprint density at radius 1 is 1.16 bits per heavy atom. The third-order valence-electron chi connectivity index (χ3n) is 3.64. The number of hydrogen-bond donors (Lipinski definition) is 3. The van der Waals surface area contributed by atoms with Crippen molar-refractivity contribution in [3.8, 4) is 11.8 Å². The van der Waals surface area contributed by atoms with E-state index in [2.05, 4.69) is 20.4 Å². The third kappa shape index (κ3) is 6.69. The molecule has 168 valence electrons. The summed E-state index contributed by atoms with van der Waals surface area (Å²) in [6.07, 6.45) is -0.869. The summed E-state index contributed by atoms with van der Waals surface area (Å²) in [5.74, 6) is -1.02. The minimum Gasteiger partial charge on any atom is -0.453 e. The quantitative estimate of drug-likeness (QED) is 0.310. The molecule has 0 heterocycles. The van der Waals surface area contributed by atoms with E-state index in [0.29, 0.717) is 5.56 Å². The molecule has 4 N–H and O–H groups in total. The van der Waals surface area contributed by atoms with Crippen molar-refractivity contribution < 1.29 is 31.7 Å². The number of nitrogens with zero attached hydrogens (tertiary/aromatic N) is 2. The molecule has 0 saturated carbocycles. The van der Waals surface area contributed by atoms with Crippen LogP contribution in [-0.2, 0) is 24.4 Å². The zero-order valence-corrected chi connectivity index (χ0v) is 17.8. The minimum absolute atomic E-state index is 0.0330. The second-order valence-electron chi connectivity index (χ2n) is 5.95. The molecule has 2 amide bonds. The van der Waals surface area contributed by atoms with Crippen LogP contribution >= 0.6 is 0 Å². The van der Waals surface area contributed by atoms with Crippen molar-refractivity contribution in [1.29, 1.82) is 5.26 Å². The van der Waals surface area contributed by atoms with E-state index >= 15 is 0 Å². The number of nitrogens with one attached hydrogen (secondary N) is 2. The number of nitrogens with two attached hydrogens (primary N) is 1. The highest BCUT2D eigenvalue weighted by atomic mass is 32.2. The summed E-state index contributed by atoms with van der Waals surface area (Å²) in [5, 5.41) is 13.4. The van der Waals surface area contributed by atoms with Gasteiger partial charge in [-0.1, -0.05) is 0 Å². The van der Waals surface area contributed by atoms with Gasteiger partial charge in [-0.25, -0.2) is 9.79 Å². The second kappa shape index (κ2) is 10.8. The van der Waals surface area contributed by atoms with Crippen LogP contribution in [0.25, 0.3) is 0 Å². The first-order valence-corrected chi connectivity index (χ1v) is 10.2. The smallest absolute Gasteiger partial charge is 0.413 e. The lowest BCUT2D eigenvalue weighted by atomic mass is 10.2. The number of carbonyl (C=O) groups is 2. The zero-order chi connectivity index (χ0) is 23.7. The first kappa shape index (κ1) is 24.1. The summed E-state index contributed by atoms with van der Waals surface area (Å²) in [7, 11) is -2.03. The molecule has 2 rings (SSSR count). The molecule has 0 aromatic heterocycles. The zero-order valence-electron chi connectivity index (χ0n) is 17.0. The molecule has 0 unspecified atom stereocenters. The molecule has 12 nitrogen and oxygen atoms in total. The van der Waals surface area contributed by atoms with Crippen LogP contribution in [0, 0.1) is 11.3 Å². The number of rotatable bonds is 7. The number of nitriles is 1. The Balaban J connectivity index is 2.45. The van der Waals surface area contributed by atoms with E-state index in [-0.39, 0.29) is 29.7 Å². The highest BCUT2D eigenvalue weighted by molar-refractivity contribution is 7.87. The molecular weight excluding hydrogens is 442 g/mol. The molecule has 13 heteroatoms. The van der Waals surface area contributed by atoms with Crippen molar-refractivity contribution in [3.05, 3.63) is 48.0 Å². The van der Waals surface area contributed by atoms with Crippen LogP contribution < -0.4 is 20.6 Å². The summed E-state index contributed by atoms with van der Waals surface area (Å²) < 4.78 is 40.1. The van der Waals surface area contributed by atoms with Gasteiger partial charge < -0.3 is 24.7 Å². The standard InChI is InChI=1S/C19H19N5O7S/c1-29-11-17(25)23-15-8-5-13(22-18(21)24-19(26)30-2)9-16(15)32(27,28)31-14-6-3-12(10-20)4-7-14/h3-9H,11H2,1-2H3,(H,23,25)(H3,21,22,24,26). The fraction of sp³-hybridized carbons (Fsp3) is 0.158. The Bertz CT molecular complexity index is 1170. The maximum Gasteiger partial charge on any atom is 0.413 e. The van der Waals surface area contributed by atoms with Gasteiger partial charge in [0.15, 0.2) is 0 Å². The fourth-order valence-electron chi connectivity index (χ4n) is 2.29.